The van der Waals surface area contributed by atoms with Gasteiger partial charge in [-0.15, -0.1) is 0 Å². The molecule has 1 aliphatic heterocycles. The Morgan fingerprint density at radius 1 is 1.40 bits per heavy atom. The highest BCUT2D eigenvalue weighted by atomic mass is 16.5. The maximum Gasteiger partial charge on any atom is 0.324 e. The minimum absolute atomic E-state index is 0.0579. The Morgan fingerprint density at radius 3 is 2.65 bits per heavy atom. The van der Waals surface area contributed by atoms with E-state index in [0.29, 0.717) is 24.5 Å². The van der Waals surface area contributed by atoms with Gasteiger partial charge in [0.2, 0.25) is 0 Å². The van der Waals surface area contributed by atoms with E-state index in [9.17, 15) is 9.59 Å². The summed E-state index contributed by atoms with van der Waals surface area (Å²) in [6.45, 7) is 0.981. The number of carboxylic acids is 1. The van der Waals surface area contributed by atoms with Crippen LogP contribution >= 0.6 is 0 Å². The molecule has 0 spiro atoms. The normalized spacial score (nSPS) is 14.6. The van der Waals surface area contributed by atoms with E-state index in [1.54, 1.807) is 25.1 Å². The van der Waals surface area contributed by atoms with Crippen LogP contribution in [0.2, 0.25) is 0 Å². The topological polar surface area (TPSA) is 70.1 Å². The molecule has 1 aliphatic rings. The molecule has 0 atom stereocenters. The molecule has 1 aromatic rings. The van der Waals surface area contributed by atoms with E-state index in [4.69, 9.17) is 9.84 Å². The lowest BCUT2D eigenvalue weighted by Crippen LogP contribution is -2.54. The predicted octanol–water partition coefficient (Wildman–Crippen LogP) is 1.66. The number of para-hydroxylation sites is 2. The average Bonchev–Trinajstić information content (AvgIpc) is 2.40. The average molecular weight is 278 g/mol. The Bertz CT molecular complexity index is 512. The summed E-state index contributed by atoms with van der Waals surface area (Å²) in [6, 6.07) is 7.14. The number of ether oxygens (including phenoxy) is 1. The number of amides is 2. The Labute approximate surface area is 117 Å². The summed E-state index contributed by atoms with van der Waals surface area (Å²) in [5.41, 5.74) is 0.696. The second-order valence-electron chi connectivity index (χ2n) is 4.88. The second-order valence-corrected chi connectivity index (χ2v) is 4.88. The van der Waals surface area contributed by atoms with Gasteiger partial charge in [-0.1, -0.05) is 12.1 Å². The van der Waals surface area contributed by atoms with Gasteiger partial charge in [-0.25, -0.2) is 4.79 Å². The van der Waals surface area contributed by atoms with Gasteiger partial charge in [0.1, 0.15) is 5.75 Å². The van der Waals surface area contributed by atoms with Crippen molar-refractivity contribution < 1.29 is 19.4 Å². The molecule has 0 radical (unpaired) electrons. The lowest BCUT2D eigenvalue weighted by atomic mass is 9.97. The van der Waals surface area contributed by atoms with Crippen molar-refractivity contribution in [3.05, 3.63) is 24.3 Å². The van der Waals surface area contributed by atoms with Gasteiger partial charge in [0, 0.05) is 26.1 Å². The maximum absolute atomic E-state index is 12.3. The Morgan fingerprint density at radius 2 is 2.05 bits per heavy atom. The van der Waals surface area contributed by atoms with Gasteiger partial charge in [0.15, 0.2) is 0 Å². The second kappa shape index (κ2) is 5.81. The van der Waals surface area contributed by atoms with Gasteiger partial charge in [0.25, 0.3) is 0 Å². The van der Waals surface area contributed by atoms with E-state index in [-0.39, 0.29) is 18.4 Å². The lowest BCUT2D eigenvalue weighted by Gasteiger charge is -2.40. The number of anilines is 1. The van der Waals surface area contributed by atoms with Crippen LogP contribution in [0, 0.1) is 5.92 Å². The molecule has 6 heteroatoms. The molecule has 108 valence electrons. The zero-order chi connectivity index (χ0) is 14.7. The van der Waals surface area contributed by atoms with E-state index in [1.807, 2.05) is 18.2 Å². The molecule has 1 aromatic carbocycles. The zero-order valence-electron chi connectivity index (χ0n) is 11.6. The predicted molar refractivity (Wildman–Crippen MR) is 74.1 cm³/mol. The number of hydrogen-bond donors (Lipinski definition) is 1. The molecule has 1 heterocycles. The van der Waals surface area contributed by atoms with Crippen molar-refractivity contribution in [2.75, 3.05) is 32.1 Å². The molecule has 1 N–H and O–H groups in total. The van der Waals surface area contributed by atoms with Crippen LogP contribution in [0.15, 0.2) is 24.3 Å². The number of carbonyl (C=O) groups is 2. The van der Waals surface area contributed by atoms with E-state index < -0.39 is 5.97 Å². The van der Waals surface area contributed by atoms with E-state index in [2.05, 4.69) is 0 Å². The Balaban J connectivity index is 1.98. The molecule has 0 unspecified atom stereocenters. The third kappa shape index (κ3) is 2.84. The highest BCUT2D eigenvalue weighted by Crippen LogP contribution is 2.29. The number of carboxylic acid groups (broad SMARTS) is 1. The van der Waals surface area contributed by atoms with Crippen molar-refractivity contribution in [3.8, 4) is 5.75 Å². The smallest absolute Gasteiger partial charge is 0.324 e. The molecule has 0 aliphatic carbocycles. The van der Waals surface area contributed by atoms with Crippen LogP contribution < -0.4 is 9.64 Å². The van der Waals surface area contributed by atoms with E-state index >= 15 is 0 Å². The molecule has 2 amide bonds. The van der Waals surface area contributed by atoms with Crippen LogP contribution in [0.4, 0.5) is 10.5 Å². The fraction of sp³-hybridized carbons (Fsp3) is 0.429. The van der Waals surface area contributed by atoms with Crippen LogP contribution in [-0.2, 0) is 4.79 Å². The molecule has 2 rings (SSSR count). The molecule has 0 bridgehead atoms. The summed E-state index contributed by atoms with van der Waals surface area (Å²) < 4.78 is 5.23. The van der Waals surface area contributed by atoms with Gasteiger partial charge in [0.05, 0.1) is 19.2 Å². The van der Waals surface area contributed by atoms with Crippen LogP contribution in [0.3, 0.4) is 0 Å². The fourth-order valence-corrected chi connectivity index (χ4v) is 2.32. The first kappa shape index (κ1) is 14.2. The summed E-state index contributed by atoms with van der Waals surface area (Å²) in [5, 5.41) is 8.70. The SMILES string of the molecule is COc1ccccc1N(C)C(=O)N1CC(CC(=O)O)C1. The lowest BCUT2D eigenvalue weighted by molar-refractivity contribution is -0.139. The number of methoxy groups -OCH3 is 1. The molecule has 6 nitrogen and oxygen atoms in total. The number of likely N-dealkylation sites (tertiary alicyclic amines) is 1. The first-order valence-corrected chi connectivity index (χ1v) is 6.40. The van der Waals surface area contributed by atoms with Crippen LogP contribution in [0.5, 0.6) is 5.75 Å². The van der Waals surface area contributed by atoms with E-state index in [0.717, 1.165) is 0 Å². The van der Waals surface area contributed by atoms with Crippen molar-refractivity contribution in [2.24, 2.45) is 5.92 Å². The molecule has 0 saturated carbocycles. The minimum Gasteiger partial charge on any atom is -0.495 e. The van der Waals surface area contributed by atoms with Crippen LogP contribution in [-0.4, -0.2) is 49.3 Å². The van der Waals surface area contributed by atoms with Crippen molar-refractivity contribution in [1.82, 2.24) is 4.90 Å². The summed E-state index contributed by atoms with van der Waals surface area (Å²) >= 11 is 0. The van der Waals surface area contributed by atoms with Crippen molar-refractivity contribution in [1.29, 1.82) is 0 Å². The molecule has 1 fully saturated rings. The van der Waals surface area contributed by atoms with Crippen molar-refractivity contribution in [3.63, 3.8) is 0 Å². The largest absolute Gasteiger partial charge is 0.495 e. The van der Waals surface area contributed by atoms with Gasteiger partial charge in [-0.3, -0.25) is 9.69 Å². The van der Waals surface area contributed by atoms with Crippen LogP contribution in [0.25, 0.3) is 0 Å². The number of hydrogen-bond acceptors (Lipinski definition) is 3. The maximum atomic E-state index is 12.3. The summed E-state index contributed by atoms with van der Waals surface area (Å²) in [7, 11) is 3.24. The van der Waals surface area contributed by atoms with Crippen molar-refractivity contribution >= 4 is 17.7 Å². The highest BCUT2D eigenvalue weighted by Gasteiger charge is 2.34. The van der Waals surface area contributed by atoms with Crippen molar-refractivity contribution in [2.45, 2.75) is 6.42 Å². The monoisotopic (exact) mass is 278 g/mol. The molecular weight excluding hydrogens is 260 g/mol. The fourth-order valence-electron chi connectivity index (χ4n) is 2.32. The molecule has 20 heavy (non-hydrogen) atoms. The number of aliphatic carboxylic acids is 1. The number of benzene rings is 1. The zero-order valence-corrected chi connectivity index (χ0v) is 11.6. The Kier molecular flexibility index (Phi) is 4.12. The number of carbonyl (C=O) groups excluding carboxylic acids is 1. The standard InChI is InChI=1S/C14H18N2O4/c1-15(11-5-3-4-6-12(11)20-2)14(19)16-8-10(9-16)7-13(17)18/h3-6,10H,7-9H2,1-2H3,(H,17,18). The summed E-state index contributed by atoms with van der Waals surface area (Å²) in [6.07, 6.45) is 0.113. The molecular formula is C14H18N2O4. The third-order valence-corrected chi connectivity index (χ3v) is 3.42. The van der Waals surface area contributed by atoms with E-state index in [1.165, 1.54) is 4.90 Å². The van der Waals surface area contributed by atoms with Gasteiger partial charge in [-0.2, -0.15) is 0 Å². The van der Waals surface area contributed by atoms with Gasteiger partial charge in [-0.05, 0) is 12.1 Å². The minimum atomic E-state index is -0.819. The molecule has 1 saturated heterocycles. The number of nitrogens with zero attached hydrogens (tertiary/aromatic N) is 2. The first-order valence-electron chi connectivity index (χ1n) is 6.40. The van der Waals surface area contributed by atoms with Crippen LogP contribution in [0.1, 0.15) is 6.42 Å². The first-order chi connectivity index (χ1) is 9.52. The highest BCUT2D eigenvalue weighted by molar-refractivity contribution is 5.93. The Hall–Kier alpha value is -2.24. The van der Waals surface area contributed by atoms with Gasteiger partial charge < -0.3 is 14.7 Å². The number of rotatable bonds is 4. The third-order valence-electron chi connectivity index (χ3n) is 3.42. The quantitative estimate of drug-likeness (QED) is 0.909. The number of urea groups is 1. The summed E-state index contributed by atoms with van der Waals surface area (Å²) in [4.78, 5) is 26.0. The molecule has 0 aromatic heterocycles. The summed E-state index contributed by atoms with van der Waals surface area (Å²) in [5.74, 6) is -0.131. The van der Waals surface area contributed by atoms with Gasteiger partial charge >= 0.3 is 12.0 Å².